The molecular formula is C18H22N4O4S. The van der Waals surface area contributed by atoms with Gasteiger partial charge in [0.1, 0.15) is 0 Å². The van der Waals surface area contributed by atoms with Crippen molar-refractivity contribution >= 4 is 33.3 Å². The Kier molecular flexibility index (Phi) is 6.40. The highest BCUT2D eigenvalue weighted by atomic mass is 32.2. The minimum absolute atomic E-state index is 0.0336. The van der Waals surface area contributed by atoms with Crippen LogP contribution >= 0.6 is 0 Å². The summed E-state index contributed by atoms with van der Waals surface area (Å²) in [4.78, 5) is 25.6. The summed E-state index contributed by atoms with van der Waals surface area (Å²) in [5, 5.41) is 4.83. The number of carbonyl (C=O) groups is 2. The van der Waals surface area contributed by atoms with Crippen LogP contribution in [0.4, 0.5) is 16.2 Å². The van der Waals surface area contributed by atoms with Gasteiger partial charge in [-0.1, -0.05) is 17.7 Å². The van der Waals surface area contributed by atoms with Crippen LogP contribution in [0.1, 0.15) is 5.56 Å². The molecule has 0 fully saturated rings. The molecule has 2 rings (SSSR count). The maximum absolute atomic E-state index is 12.1. The lowest BCUT2D eigenvalue weighted by atomic mass is 10.2. The van der Waals surface area contributed by atoms with E-state index in [9.17, 15) is 18.0 Å². The first kappa shape index (κ1) is 20.2. The molecule has 0 bridgehead atoms. The van der Waals surface area contributed by atoms with Crippen molar-refractivity contribution < 1.29 is 18.0 Å². The highest BCUT2D eigenvalue weighted by molar-refractivity contribution is 7.90. The minimum atomic E-state index is -3.99. The van der Waals surface area contributed by atoms with Crippen LogP contribution in [0.25, 0.3) is 0 Å². The lowest BCUT2D eigenvalue weighted by Crippen LogP contribution is -2.42. The molecule has 8 nitrogen and oxygen atoms in total. The number of rotatable bonds is 6. The molecule has 0 heterocycles. The Morgan fingerprint density at radius 2 is 1.56 bits per heavy atom. The van der Waals surface area contributed by atoms with E-state index in [-0.39, 0.29) is 11.4 Å². The lowest BCUT2D eigenvalue weighted by molar-refractivity contribution is -0.115. The van der Waals surface area contributed by atoms with Gasteiger partial charge in [-0.3, -0.25) is 4.79 Å². The van der Waals surface area contributed by atoms with Crippen molar-refractivity contribution in [2.45, 2.75) is 11.8 Å². The number of urea groups is 1. The topological polar surface area (TPSA) is 108 Å². The zero-order valence-electron chi connectivity index (χ0n) is 15.3. The largest absolute Gasteiger partial charge is 0.378 e. The monoisotopic (exact) mass is 390 g/mol. The normalized spacial score (nSPS) is 10.8. The Morgan fingerprint density at radius 3 is 2.11 bits per heavy atom. The summed E-state index contributed by atoms with van der Waals surface area (Å²) < 4.78 is 26.1. The average Bonchev–Trinajstić information content (AvgIpc) is 2.60. The van der Waals surface area contributed by atoms with Gasteiger partial charge in [-0.2, -0.15) is 0 Å². The standard InChI is InChI=1S/C18H22N4O4S/c1-13-4-10-16(11-5-13)27(25,26)21-18(24)19-12-17(23)20-14-6-8-15(9-7-14)22(2)3/h4-11H,12H2,1-3H3,(H,20,23)(H2,19,21,24). The first-order valence-electron chi connectivity index (χ1n) is 8.12. The highest BCUT2D eigenvalue weighted by Crippen LogP contribution is 2.15. The molecule has 0 aliphatic carbocycles. The van der Waals surface area contributed by atoms with Crippen molar-refractivity contribution in [1.29, 1.82) is 0 Å². The van der Waals surface area contributed by atoms with Crippen LogP contribution in [0.5, 0.6) is 0 Å². The maximum atomic E-state index is 12.1. The summed E-state index contributed by atoms with van der Waals surface area (Å²) in [5.74, 6) is -0.476. The van der Waals surface area contributed by atoms with Gasteiger partial charge in [0.15, 0.2) is 0 Å². The van der Waals surface area contributed by atoms with Gasteiger partial charge in [0.25, 0.3) is 10.0 Å². The van der Waals surface area contributed by atoms with Crippen LogP contribution in [-0.4, -0.2) is 41.0 Å². The molecule has 3 amide bonds. The third-order valence-electron chi connectivity index (χ3n) is 3.64. The van der Waals surface area contributed by atoms with E-state index in [2.05, 4.69) is 10.6 Å². The number of hydrogen-bond donors (Lipinski definition) is 3. The van der Waals surface area contributed by atoms with Crippen molar-refractivity contribution in [3.8, 4) is 0 Å². The number of carbonyl (C=O) groups excluding carboxylic acids is 2. The molecule has 0 aliphatic rings. The summed E-state index contributed by atoms with van der Waals surface area (Å²) in [6, 6.07) is 12.2. The van der Waals surface area contributed by atoms with Gasteiger partial charge < -0.3 is 15.5 Å². The second-order valence-electron chi connectivity index (χ2n) is 6.09. The predicted octanol–water partition coefficient (Wildman–Crippen LogP) is 1.69. The molecule has 0 aromatic heterocycles. The number of amides is 3. The number of nitrogens with zero attached hydrogens (tertiary/aromatic N) is 1. The van der Waals surface area contributed by atoms with E-state index in [1.807, 2.05) is 42.8 Å². The Bertz CT molecular complexity index is 907. The van der Waals surface area contributed by atoms with Gasteiger partial charge in [-0.05, 0) is 43.3 Å². The fourth-order valence-corrected chi connectivity index (χ4v) is 3.07. The molecule has 144 valence electrons. The van der Waals surface area contributed by atoms with E-state index in [4.69, 9.17) is 0 Å². The molecule has 0 aliphatic heterocycles. The second-order valence-corrected chi connectivity index (χ2v) is 7.77. The third kappa shape index (κ3) is 6.00. The first-order valence-corrected chi connectivity index (χ1v) is 9.60. The van der Waals surface area contributed by atoms with E-state index in [0.29, 0.717) is 5.69 Å². The summed E-state index contributed by atoms with van der Waals surface area (Å²) in [6.45, 7) is 1.45. The van der Waals surface area contributed by atoms with Gasteiger partial charge in [-0.15, -0.1) is 0 Å². The number of sulfonamides is 1. The number of anilines is 2. The fraction of sp³-hybridized carbons (Fsp3) is 0.222. The minimum Gasteiger partial charge on any atom is -0.378 e. The van der Waals surface area contributed by atoms with E-state index in [1.165, 1.54) is 12.1 Å². The quantitative estimate of drug-likeness (QED) is 0.696. The molecule has 9 heteroatoms. The summed E-state index contributed by atoms with van der Waals surface area (Å²) >= 11 is 0. The molecule has 27 heavy (non-hydrogen) atoms. The number of benzene rings is 2. The molecule has 0 spiro atoms. The average molecular weight is 390 g/mol. The van der Waals surface area contributed by atoms with Gasteiger partial charge in [0, 0.05) is 25.5 Å². The molecule has 3 N–H and O–H groups in total. The lowest BCUT2D eigenvalue weighted by Gasteiger charge is -2.13. The number of nitrogens with one attached hydrogen (secondary N) is 3. The molecule has 0 saturated carbocycles. The van der Waals surface area contributed by atoms with Gasteiger partial charge in [0.2, 0.25) is 5.91 Å². The summed E-state index contributed by atoms with van der Waals surface area (Å²) in [7, 11) is -0.187. The molecule has 2 aromatic carbocycles. The SMILES string of the molecule is Cc1ccc(S(=O)(=O)NC(=O)NCC(=O)Nc2ccc(N(C)C)cc2)cc1. The van der Waals surface area contributed by atoms with Gasteiger partial charge in [0.05, 0.1) is 11.4 Å². The molecule has 2 aromatic rings. The van der Waals surface area contributed by atoms with Gasteiger partial charge >= 0.3 is 6.03 Å². The van der Waals surface area contributed by atoms with Crippen LogP contribution < -0.4 is 20.3 Å². The number of aryl methyl sites for hydroxylation is 1. The van der Waals surface area contributed by atoms with E-state index >= 15 is 0 Å². The third-order valence-corrected chi connectivity index (χ3v) is 4.98. The number of hydrogen-bond acceptors (Lipinski definition) is 5. The van der Waals surface area contributed by atoms with Crippen LogP contribution in [0.3, 0.4) is 0 Å². The van der Waals surface area contributed by atoms with Crippen molar-refractivity contribution in [2.75, 3.05) is 30.9 Å². The predicted molar refractivity (Wildman–Crippen MR) is 104 cm³/mol. The Morgan fingerprint density at radius 1 is 0.963 bits per heavy atom. The van der Waals surface area contributed by atoms with Crippen molar-refractivity contribution in [2.24, 2.45) is 0 Å². The molecule has 0 atom stereocenters. The maximum Gasteiger partial charge on any atom is 0.329 e. The van der Waals surface area contributed by atoms with Crippen LogP contribution in [0, 0.1) is 6.92 Å². The van der Waals surface area contributed by atoms with E-state index in [0.717, 1.165) is 11.3 Å². The molecule has 0 saturated heterocycles. The second kappa shape index (κ2) is 8.54. The molecule has 0 unspecified atom stereocenters. The zero-order chi connectivity index (χ0) is 20.0. The highest BCUT2D eigenvalue weighted by Gasteiger charge is 2.17. The van der Waals surface area contributed by atoms with Crippen LogP contribution in [0.2, 0.25) is 0 Å². The Hall–Kier alpha value is -3.07. The zero-order valence-corrected chi connectivity index (χ0v) is 16.1. The van der Waals surface area contributed by atoms with E-state index in [1.54, 1.807) is 24.3 Å². The Labute approximate surface area is 158 Å². The summed E-state index contributed by atoms with van der Waals surface area (Å²) in [5.41, 5.74) is 2.44. The Balaban J connectivity index is 1.85. The van der Waals surface area contributed by atoms with Crippen molar-refractivity contribution in [3.05, 3.63) is 54.1 Å². The molecule has 0 radical (unpaired) electrons. The van der Waals surface area contributed by atoms with Crippen molar-refractivity contribution in [3.63, 3.8) is 0 Å². The van der Waals surface area contributed by atoms with Crippen LogP contribution in [0.15, 0.2) is 53.4 Å². The fourth-order valence-electron chi connectivity index (χ4n) is 2.14. The molecular weight excluding hydrogens is 368 g/mol. The van der Waals surface area contributed by atoms with Crippen LogP contribution in [-0.2, 0) is 14.8 Å². The first-order chi connectivity index (χ1) is 12.7. The summed E-state index contributed by atoms with van der Waals surface area (Å²) in [6.07, 6.45) is 0. The smallest absolute Gasteiger partial charge is 0.329 e. The van der Waals surface area contributed by atoms with E-state index < -0.39 is 22.0 Å². The van der Waals surface area contributed by atoms with Crippen molar-refractivity contribution in [1.82, 2.24) is 10.0 Å². The van der Waals surface area contributed by atoms with Gasteiger partial charge in [-0.25, -0.2) is 17.9 Å².